The van der Waals surface area contributed by atoms with Crippen molar-refractivity contribution in [3.8, 4) is 0 Å². The zero-order chi connectivity index (χ0) is 12.6. The van der Waals surface area contributed by atoms with Gasteiger partial charge in [0.15, 0.2) is 0 Å². The Labute approximate surface area is 99.6 Å². The Morgan fingerprint density at radius 2 is 2.12 bits per heavy atom. The first-order valence-electron chi connectivity index (χ1n) is 5.95. The highest BCUT2D eigenvalue weighted by Gasteiger charge is 2.41. The van der Waals surface area contributed by atoms with E-state index in [4.69, 9.17) is 5.11 Å². The first-order valence-corrected chi connectivity index (χ1v) is 5.95. The van der Waals surface area contributed by atoms with E-state index in [1.807, 2.05) is 0 Å². The van der Waals surface area contributed by atoms with Gasteiger partial charge in [-0.1, -0.05) is 0 Å². The van der Waals surface area contributed by atoms with Crippen molar-refractivity contribution in [1.29, 1.82) is 0 Å². The van der Waals surface area contributed by atoms with E-state index in [2.05, 4.69) is 5.32 Å². The van der Waals surface area contributed by atoms with Crippen LogP contribution in [0.15, 0.2) is 0 Å². The van der Waals surface area contributed by atoms with Crippen molar-refractivity contribution in [3.63, 3.8) is 0 Å². The second-order valence-electron chi connectivity index (χ2n) is 4.86. The van der Waals surface area contributed by atoms with Crippen LogP contribution in [0.5, 0.6) is 0 Å². The molecule has 0 saturated carbocycles. The Kier molecular flexibility index (Phi) is 3.35. The van der Waals surface area contributed by atoms with Crippen molar-refractivity contribution in [1.82, 2.24) is 10.2 Å². The first kappa shape index (κ1) is 12.3. The van der Waals surface area contributed by atoms with Gasteiger partial charge in [-0.25, -0.2) is 0 Å². The molecule has 0 spiro atoms. The lowest BCUT2D eigenvalue weighted by Gasteiger charge is -2.26. The number of β-amino-alcohol motifs (C(OH)–C–C–N with tert-alkyl or cyclic N) is 1. The molecular weight excluding hydrogens is 224 g/mol. The molecule has 6 nitrogen and oxygen atoms in total. The summed E-state index contributed by atoms with van der Waals surface area (Å²) in [4.78, 5) is 24.7. The molecule has 2 heterocycles. The zero-order valence-electron chi connectivity index (χ0n) is 9.80. The minimum atomic E-state index is -0.841. The summed E-state index contributed by atoms with van der Waals surface area (Å²) in [6.45, 7) is 2.70. The van der Waals surface area contributed by atoms with Crippen molar-refractivity contribution < 1.29 is 19.8 Å². The topological polar surface area (TPSA) is 89.9 Å². The van der Waals surface area contributed by atoms with Gasteiger partial charge in [-0.2, -0.15) is 0 Å². The van der Waals surface area contributed by atoms with E-state index in [1.54, 1.807) is 11.8 Å². The average molecular weight is 242 g/mol. The fourth-order valence-corrected chi connectivity index (χ4v) is 2.69. The van der Waals surface area contributed by atoms with Gasteiger partial charge in [0.1, 0.15) is 0 Å². The van der Waals surface area contributed by atoms with E-state index in [-0.39, 0.29) is 18.0 Å². The van der Waals surface area contributed by atoms with Crippen LogP contribution in [0.3, 0.4) is 0 Å². The van der Waals surface area contributed by atoms with Crippen LogP contribution in [-0.2, 0) is 9.59 Å². The van der Waals surface area contributed by atoms with Crippen molar-refractivity contribution in [2.45, 2.75) is 38.0 Å². The molecule has 0 radical (unpaired) electrons. The summed E-state index contributed by atoms with van der Waals surface area (Å²) in [5, 5.41) is 21.3. The number of hydrogen-bond donors (Lipinski definition) is 3. The third kappa shape index (κ3) is 2.28. The van der Waals surface area contributed by atoms with Gasteiger partial charge >= 0.3 is 5.97 Å². The molecule has 0 aromatic heterocycles. The van der Waals surface area contributed by atoms with Crippen LogP contribution in [0.25, 0.3) is 0 Å². The summed E-state index contributed by atoms with van der Waals surface area (Å²) in [6.07, 6.45) is 0.453. The van der Waals surface area contributed by atoms with Gasteiger partial charge in [-0.05, 0) is 19.8 Å². The third-order valence-electron chi connectivity index (χ3n) is 3.76. The number of aliphatic hydroxyl groups is 1. The van der Waals surface area contributed by atoms with Crippen LogP contribution >= 0.6 is 0 Å². The minimum absolute atomic E-state index is 0.0854. The van der Waals surface area contributed by atoms with Crippen LogP contribution in [0, 0.1) is 5.92 Å². The Bertz CT molecular complexity index is 333. The molecule has 0 aromatic carbocycles. The van der Waals surface area contributed by atoms with Crippen LogP contribution in [-0.4, -0.2) is 58.3 Å². The normalized spacial score (nSPS) is 37.4. The van der Waals surface area contributed by atoms with Gasteiger partial charge in [0, 0.05) is 19.1 Å². The molecule has 4 unspecified atom stereocenters. The number of likely N-dealkylation sites (tertiary alicyclic amines) is 1. The molecule has 4 atom stereocenters. The van der Waals surface area contributed by atoms with Crippen molar-refractivity contribution in [2.24, 2.45) is 5.92 Å². The lowest BCUT2D eigenvalue weighted by atomic mass is 10.0. The highest BCUT2D eigenvalue weighted by molar-refractivity contribution is 5.84. The molecule has 17 heavy (non-hydrogen) atoms. The second kappa shape index (κ2) is 4.62. The fraction of sp³-hybridized carbons (Fsp3) is 0.818. The molecule has 0 aromatic rings. The lowest BCUT2D eigenvalue weighted by molar-refractivity contribution is -0.143. The molecule has 2 aliphatic rings. The standard InChI is InChI=1S/C11H18N2O4/c1-6-8(11(16)17)2-3-13(6)10(15)9-4-7(14)5-12-9/h6-9,12,14H,2-5H2,1H3,(H,16,17). The Balaban J connectivity index is 1.99. The monoisotopic (exact) mass is 242 g/mol. The molecule has 2 fully saturated rings. The van der Waals surface area contributed by atoms with Gasteiger partial charge in [0.2, 0.25) is 5.91 Å². The van der Waals surface area contributed by atoms with Gasteiger partial charge in [0.05, 0.1) is 18.1 Å². The predicted molar refractivity (Wildman–Crippen MR) is 59.3 cm³/mol. The molecule has 0 aliphatic carbocycles. The summed E-state index contributed by atoms with van der Waals surface area (Å²) in [6, 6.07) is -0.625. The van der Waals surface area contributed by atoms with Gasteiger partial charge in [-0.15, -0.1) is 0 Å². The molecule has 96 valence electrons. The smallest absolute Gasteiger partial charge is 0.308 e. The van der Waals surface area contributed by atoms with E-state index >= 15 is 0 Å². The van der Waals surface area contributed by atoms with E-state index in [0.29, 0.717) is 25.9 Å². The summed E-state index contributed by atoms with van der Waals surface area (Å²) >= 11 is 0. The van der Waals surface area contributed by atoms with E-state index in [1.165, 1.54) is 0 Å². The van der Waals surface area contributed by atoms with E-state index < -0.39 is 18.0 Å². The van der Waals surface area contributed by atoms with Gasteiger partial charge in [-0.3, -0.25) is 9.59 Å². The number of aliphatic hydroxyl groups excluding tert-OH is 1. The summed E-state index contributed by atoms with van der Waals surface area (Å²) in [5.74, 6) is -1.39. The van der Waals surface area contributed by atoms with Crippen LogP contribution < -0.4 is 5.32 Å². The number of nitrogens with zero attached hydrogens (tertiary/aromatic N) is 1. The molecule has 2 saturated heterocycles. The van der Waals surface area contributed by atoms with E-state index in [0.717, 1.165) is 0 Å². The van der Waals surface area contributed by atoms with Crippen molar-refractivity contribution in [3.05, 3.63) is 0 Å². The fourth-order valence-electron chi connectivity index (χ4n) is 2.69. The average Bonchev–Trinajstić information content (AvgIpc) is 2.83. The number of rotatable bonds is 2. The zero-order valence-corrected chi connectivity index (χ0v) is 9.80. The third-order valence-corrected chi connectivity index (χ3v) is 3.76. The number of nitrogens with one attached hydrogen (secondary N) is 1. The molecular formula is C11H18N2O4. The second-order valence-corrected chi connectivity index (χ2v) is 4.86. The maximum atomic E-state index is 12.1. The molecule has 1 amide bonds. The summed E-state index contributed by atoms with van der Waals surface area (Å²) in [7, 11) is 0. The molecule has 3 N–H and O–H groups in total. The Morgan fingerprint density at radius 1 is 1.41 bits per heavy atom. The minimum Gasteiger partial charge on any atom is -0.481 e. The molecule has 2 aliphatic heterocycles. The lowest BCUT2D eigenvalue weighted by Crippen LogP contribution is -2.46. The van der Waals surface area contributed by atoms with Crippen molar-refractivity contribution in [2.75, 3.05) is 13.1 Å². The summed E-state index contributed by atoms with van der Waals surface area (Å²) in [5.41, 5.74) is 0. The highest BCUT2D eigenvalue weighted by atomic mass is 16.4. The Hall–Kier alpha value is -1.14. The van der Waals surface area contributed by atoms with Crippen molar-refractivity contribution >= 4 is 11.9 Å². The number of hydrogen-bond acceptors (Lipinski definition) is 4. The van der Waals surface area contributed by atoms with E-state index in [9.17, 15) is 14.7 Å². The SMILES string of the molecule is CC1C(C(=O)O)CCN1C(=O)C1CC(O)CN1. The molecule has 2 rings (SSSR count). The highest BCUT2D eigenvalue weighted by Crippen LogP contribution is 2.26. The van der Waals surface area contributed by atoms with Crippen LogP contribution in [0.4, 0.5) is 0 Å². The van der Waals surface area contributed by atoms with Crippen LogP contribution in [0.2, 0.25) is 0 Å². The van der Waals surface area contributed by atoms with Crippen LogP contribution in [0.1, 0.15) is 19.8 Å². The largest absolute Gasteiger partial charge is 0.481 e. The maximum absolute atomic E-state index is 12.1. The number of carboxylic acids is 1. The number of aliphatic carboxylic acids is 1. The number of carbonyl (C=O) groups excluding carboxylic acids is 1. The molecule has 0 bridgehead atoms. The number of carboxylic acid groups (broad SMARTS) is 1. The van der Waals surface area contributed by atoms with Gasteiger partial charge < -0.3 is 20.4 Å². The predicted octanol–water partition coefficient (Wildman–Crippen LogP) is -0.969. The number of carbonyl (C=O) groups is 2. The van der Waals surface area contributed by atoms with Gasteiger partial charge in [0.25, 0.3) is 0 Å². The first-order chi connectivity index (χ1) is 8.00. The maximum Gasteiger partial charge on any atom is 0.308 e. The summed E-state index contributed by atoms with van der Waals surface area (Å²) < 4.78 is 0. The quantitative estimate of drug-likeness (QED) is 0.580. The molecule has 6 heteroatoms. The Morgan fingerprint density at radius 3 is 2.59 bits per heavy atom. The number of amides is 1.